The number of urea groups is 1. The van der Waals surface area contributed by atoms with Crippen LogP contribution in [0.25, 0.3) is 10.8 Å². The number of thiophene rings is 1. The van der Waals surface area contributed by atoms with Gasteiger partial charge in [0.2, 0.25) is 5.91 Å². The average Bonchev–Trinajstić information content (AvgIpc) is 3.35. The molecule has 0 aliphatic carbocycles. The normalized spacial score (nSPS) is 19.7. The summed E-state index contributed by atoms with van der Waals surface area (Å²) in [6, 6.07) is 16.7. The zero-order valence-electron chi connectivity index (χ0n) is 17.7. The summed E-state index contributed by atoms with van der Waals surface area (Å²) in [7, 11) is 0. The lowest BCUT2D eigenvalue weighted by molar-refractivity contribution is -0.135. The number of imide groups is 1. The molecule has 1 aliphatic heterocycles. The fraction of sp³-hybridized carbons (Fsp3) is 0.292. The smallest absolute Gasteiger partial charge is 0.325 e. The Bertz CT molecular complexity index is 1140. The standard InChI is InChI=1S/C24H25N3O3S/c1-15(2)21(19-9-6-12-31-19)25-20(28)14-27-22(29)24(3,26-23(27)30)18-11-10-16-7-4-5-8-17(16)13-18/h4-13,15,21H,14H2,1-3H3,(H,25,28)(H,26,30). The molecule has 1 aromatic heterocycles. The van der Waals surface area contributed by atoms with Gasteiger partial charge in [0.05, 0.1) is 6.04 Å². The van der Waals surface area contributed by atoms with E-state index in [9.17, 15) is 14.4 Å². The molecule has 0 saturated carbocycles. The van der Waals surface area contributed by atoms with Gasteiger partial charge in [0.25, 0.3) is 5.91 Å². The molecule has 2 N–H and O–H groups in total. The molecule has 4 amide bonds. The van der Waals surface area contributed by atoms with Crippen molar-refractivity contribution in [3.63, 3.8) is 0 Å². The summed E-state index contributed by atoms with van der Waals surface area (Å²) in [4.78, 5) is 40.6. The van der Waals surface area contributed by atoms with Gasteiger partial charge in [-0.25, -0.2) is 4.79 Å². The van der Waals surface area contributed by atoms with Crippen LogP contribution in [-0.4, -0.2) is 29.3 Å². The van der Waals surface area contributed by atoms with Crippen molar-refractivity contribution in [2.75, 3.05) is 6.54 Å². The third-order valence-electron chi connectivity index (χ3n) is 5.74. The number of carbonyl (C=O) groups excluding carboxylic acids is 3. The topological polar surface area (TPSA) is 78.5 Å². The third kappa shape index (κ3) is 3.93. The Morgan fingerprint density at radius 2 is 1.84 bits per heavy atom. The Hall–Kier alpha value is -3.19. The Morgan fingerprint density at radius 3 is 2.52 bits per heavy atom. The zero-order valence-corrected chi connectivity index (χ0v) is 18.5. The number of hydrogen-bond donors (Lipinski definition) is 2. The molecule has 1 aliphatic rings. The summed E-state index contributed by atoms with van der Waals surface area (Å²) in [5, 5.41) is 9.75. The molecule has 0 spiro atoms. The first-order valence-electron chi connectivity index (χ1n) is 10.3. The maximum Gasteiger partial charge on any atom is 0.325 e. The van der Waals surface area contributed by atoms with Gasteiger partial charge in [-0.2, -0.15) is 0 Å². The van der Waals surface area contributed by atoms with Crippen molar-refractivity contribution in [2.24, 2.45) is 5.92 Å². The summed E-state index contributed by atoms with van der Waals surface area (Å²) >= 11 is 1.57. The van der Waals surface area contributed by atoms with E-state index in [-0.39, 0.29) is 24.4 Å². The summed E-state index contributed by atoms with van der Waals surface area (Å²) in [5.41, 5.74) is -0.529. The molecule has 4 rings (SSSR count). The van der Waals surface area contributed by atoms with E-state index in [0.29, 0.717) is 5.56 Å². The molecule has 2 unspecified atom stereocenters. The molecule has 7 heteroatoms. The second kappa shape index (κ2) is 8.15. The summed E-state index contributed by atoms with van der Waals surface area (Å²) in [6.07, 6.45) is 0. The summed E-state index contributed by atoms with van der Waals surface area (Å²) in [5.74, 6) is -0.618. The number of fused-ring (bicyclic) bond motifs is 1. The van der Waals surface area contributed by atoms with Crippen LogP contribution in [0.1, 0.15) is 37.3 Å². The van der Waals surface area contributed by atoms with E-state index in [2.05, 4.69) is 10.6 Å². The monoisotopic (exact) mass is 435 g/mol. The Balaban J connectivity index is 1.52. The van der Waals surface area contributed by atoms with Crippen LogP contribution < -0.4 is 10.6 Å². The van der Waals surface area contributed by atoms with Gasteiger partial charge < -0.3 is 10.6 Å². The van der Waals surface area contributed by atoms with Crippen molar-refractivity contribution >= 4 is 40.0 Å². The number of nitrogens with one attached hydrogen (secondary N) is 2. The van der Waals surface area contributed by atoms with E-state index in [0.717, 1.165) is 20.5 Å². The van der Waals surface area contributed by atoms with Gasteiger partial charge in [0.1, 0.15) is 12.1 Å². The Labute approximate surface area is 185 Å². The molecule has 2 heterocycles. The van der Waals surface area contributed by atoms with Crippen molar-refractivity contribution < 1.29 is 14.4 Å². The highest BCUT2D eigenvalue weighted by molar-refractivity contribution is 7.10. The van der Waals surface area contributed by atoms with Crippen LogP contribution in [0.5, 0.6) is 0 Å². The van der Waals surface area contributed by atoms with Gasteiger partial charge in [0.15, 0.2) is 0 Å². The van der Waals surface area contributed by atoms with Crippen molar-refractivity contribution in [1.29, 1.82) is 0 Å². The van der Waals surface area contributed by atoms with Crippen molar-refractivity contribution in [2.45, 2.75) is 32.4 Å². The number of benzene rings is 2. The van der Waals surface area contributed by atoms with Crippen LogP contribution in [0.4, 0.5) is 4.79 Å². The fourth-order valence-corrected chi connectivity index (χ4v) is 4.88. The first kappa shape index (κ1) is 21.1. The fourth-order valence-electron chi connectivity index (χ4n) is 3.93. The number of hydrogen-bond acceptors (Lipinski definition) is 4. The van der Waals surface area contributed by atoms with Gasteiger partial charge >= 0.3 is 6.03 Å². The van der Waals surface area contributed by atoms with Gasteiger partial charge in [-0.05, 0) is 46.7 Å². The number of rotatable bonds is 6. The second-order valence-electron chi connectivity index (χ2n) is 8.31. The molecule has 0 radical (unpaired) electrons. The maximum atomic E-state index is 13.2. The van der Waals surface area contributed by atoms with E-state index in [1.165, 1.54) is 0 Å². The molecule has 2 aromatic carbocycles. The number of nitrogens with zero attached hydrogens (tertiary/aromatic N) is 1. The lowest BCUT2D eigenvalue weighted by Crippen LogP contribution is -2.44. The van der Waals surface area contributed by atoms with Crippen LogP contribution in [0.3, 0.4) is 0 Å². The van der Waals surface area contributed by atoms with E-state index in [4.69, 9.17) is 0 Å². The van der Waals surface area contributed by atoms with Crippen LogP contribution in [-0.2, 0) is 15.1 Å². The lowest BCUT2D eigenvalue weighted by Gasteiger charge is -2.24. The minimum absolute atomic E-state index is 0.167. The lowest BCUT2D eigenvalue weighted by atomic mass is 9.90. The summed E-state index contributed by atoms with van der Waals surface area (Å²) in [6.45, 7) is 5.41. The first-order chi connectivity index (χ1) is 14.8. The minimum atomic E-state index is -1.22. The molecule has 160 valence electrons. The predicted molar refractivity (Wildman–Crippen MR) is 122 cm³/mol. The highest BCUT2D eigenvalue weighted by Crippen LogP contribution is 2.31. The highest BCUT2D eigenvalue weighted by atomic mass is 32.1. The largest absolute Gasteiger partial charge is 0.347 e. The van der Waals surface area contributed by atoms with Gasteiger partial charge in [0, 0.05) is 4.88 Å². The van der Waals surface area contributed by atoms with Gasteiger partial charge in [-0.1, -0.05) is 56.3 Å². The molecular formula is C24H25N3O3S. The number of carbonyl (C=O) groups is 3. The maximum absolute atomic E-state index is 13.2. The second-order valence-corrected chi connectivity index (χ2v) is 9.29. The molecule has 0 bridgehead atoms. The van der Waals surface area contributed by atoms with Crippen molar-refractivity contribution in [1.82, 2.24) is 15.5 Å². The van der Waals surface area contributed by atoms with E-state index < -0.39 is 17.5 Å². The average molecular weight is 436 g/mol. The molecule has 2 atom stereocenters. The molecule has 1 saturated heterocycles. The quantitative estimate of drug-likeness (QED) is 0.570. The Morgan fingerprint density at radius 1 is 1.10 bits per heavy atom. The third-order valence-corrected chi connectivity index (χ3v) is 6.69. The first-order valence-corrected chi connectivity index (χ1v) is 11.1. The SMILES string of the molecule is CC(C)C(NC(=O)CN1C(=O)NC(C)(c2ccc3ccccc3c2)C1=O)c1cccs1. The molecule has 1 fully saturated rings. The minimum Gasteiger partial charge on any atom is -0.347 e. The van der Waals surface area contributed by atoms with Crippen LogP contribution in [0.2, 0.25) is 0 Å². The molecule has 6 nitrogen and oxygen atoms in total. The van der Waals surface area contributed by atoms with Crippen molar-refractivity contribution in [3.05, 3.63) is 70.4 Å². The van der Waals surface area contributed by atoms with Gasteiger partial charge in [-0.15, -0.1) is 11.3 Å². The predicted octanol–water partition coefficient (Wildman–Crippen LogP) is 4.18. The van der Waals surface area contributed by atoms with Crippen LogP contribution in [0.15, 0.2) is 60.0 Å². The van der Waals surface area contributed by atoms with Crippen molar-refractivity contribution in [3.8, 4) is 0 Å². The van der Waals surface area contributed by atoms with E-state index in [1.54, 1.807) is 18.3 Å². The number of amides is 4. The van der Waals surface area contributed by atoms with Crippen LogP contribution >= 0.6 is 11.3 Å². The molecular weight excluding hydrogens is 410 g/mol. The van der Waals surface area contributed by atoms with Gasteiger partial charge in [-0.3, -0.25) is 14.5 Å². The van der Waals surface area contributed by atoms with E-state index in [1.807, 2.05) is 73.8 Å². The van der Waals surface area contributed by atoms with Crippen LogP contribution in [0, 0.1) is 5.92 Å². The zero-order chi connectivity index (χ0) is 22.2. The molecule has 31 heavy (non-hydrogen) atoms. The van der Waals surface area contributed by atoms with E-state index >= 15 is 0 Å². The highest BCUT2D eigenvalue weighted by Gasteiger charge is 2.49. The molecule has 3 aromatic rings. The Kier molecular flexibility index (Phi) is 5.54. The summed E-state index contributed by atoms with van der Waals surface area (Å²) < 4.78 is 0.